The highest BCUT2D eigenvalue weighted by Gasteiger charge is 2.48. The molecule has 3 atom stereocenters. The summed E-state index contributed by atoms with van der Waals surface area (Å²) in [6.45, 7) is 7.06. The number of carbonyl (C=O) groups is 4. The molecule has 47 heavy (non-hydrogen) atoms. The topological polar surface area (TPSA) is 111 Å². The van der Waals surface area contributed by atoms with Gasteiger partial charge in [-0.1, -0.05) is 38.8 Å². The minimum absolute atomic E-state index is 0.0544. The average Bonchev–Trinajstić information content (AvgIpc) is 3.65. The van der Waals surface area contributed by atoms with Gasteiger partial charge >= 0.3 is 12.0 Å². The number of hydrogen-bond acceptors (Lipinski definition) is 6. The first-order valence-corrected chi connectivity index (χ1v) is 16.9. The van der Waals surface area contributed by atoms with Crippen LogP contribution in [0.1, 0.15) is 75.0 Å². The summed E-state index contributed by atoms with van der Waals surface area (Å²) >= 11 is 0. The fourth-order valence-corrected chi connectivity index (χ4v) is 7.57. The van der Waals surface area contributed by atoms with E-state index in [-0.39, 0.29) is 49.6 Å². The molecule has 5 rings (SSSR count). The number of halogens is 1. The summed E-state index contributed by atoms with van der Waals surface area (Å²) in [7, 11) is 1.64. The zero-order chi connectivity index (χ0) is 33.8. The minimum atomic E-state index is -0.985. The molecule has 0 spiro atoms. The number of carboxylic acid groups (broad SMARTS) is 1. The molecule has 0 aliphatic carbocycles. The first-order valence-electron chi connectivity index (χ1n) is 16.9. The first kappa shape index (κ1) is 34.3. The number of urea groups is 1. The van der Waals surface area contributed by atoms with Gasteiger partial charge < -0.3 is 19.6 Å². The number of likely N-dealkylation sites (tertiary alicyclic amines) is 1. The second-order valence-corrected chi connectivity index (χ2v) is 13.1. The Labute approximate surface area is 276 Å². The van der Waals surface area contributed by atoms with Crippen LogP contribution in [0.5, 0.6) is 5.75 Å². The van der Waals surface area contributed by atoms with Gasteiger partial charge in [-0.2, -0.15) is 0 Å². The van der Waals surface area contributed by atoms with Gasteiger partial charge in [0.15, 0.2) is 0 Å². The molecule has 10 nitrogen and oxygen atoms in total. The van der Waals surface area contributed by atoms with E-state index in [9.17, 15) is 28.7 Å². The van der Waals surface area contributed by atoms with Crippen molar-refractivity contribution in [3.63, 3.8) is 0 Å². The van der Waals surface area contributed by atoms with Crippen LogP contribution in [0.3, 0.4) is 0 Å². The number of nitrogens with zero attached hydrogens (tertiary/aromatic N) is 4. The Hall–Kier alpha value is -3.99. The van der Waals surface area contributed by atoms with E-state index in [1.807, 2.05) is 23.1 Å². The van der Waals surface area contributed by atoms with Crippen molar-refractivity contribution in [2.24, 2.45) is 5.92 Å². The number of rotatable bonds is 13. The van der Waals surface area contributed by atoms with Crippen LogP contribution in [0.25, 0.3) is 0 Å². The van der Waals surface area contributed by atoms with Gasteiger partial charge in [-0.05, 0) is 67.1 Å². The van der Waals surface area contributed by atoms with Gasteiger partial charge in [0.25, 0.3) is 0 Å². The summed E-state index contributed by atoms with van der Waals surface area (Å²) in [4.78, 5) is 59.6. The largest absolute Gasteiger partial charge is 0.493 e. The lowest BCUT2D eigenvalue weighted by atomic mass is 9.83. The van der Waals surface area contributed by atoms with Crippen LogP contribution >= 0.6 is 0 Å². The molecule has 4 amide bonds. The van der Waals surface area contributed by atoms with Crippen LogP contribution in [0.15, 0.2) is 36.4 Å². The van der Waals surface area contributed by atoms with Gasteiger partial charge in [0.05, 0.1) is 19.1 Å². The fraction of sp³-hybridized carbons (Fsp3) is 0.556. The van der Waals surface area contributed by atoms with Crippen LogP contribution in [-0.4, -0.2) is 95.5 Å². The van der Waals surface area contributed by atoms with Crippen molar-refractivity contribution in [3.8, 4) is 5.75 Å². The second-order valence-electron chi connectivity index (χ2n) is 13.1. The van der Waals surface area contributed by atoms with E-state index in [0.29, 0.717) is 30.9 Å². The van der Waals surface area contributed by atoms with Crippen molar-refractivity contribution in [2.75, 3.05) is 44.7 Å². The molecule has 11 heteroatoms. The molecule has 3 aliphatic rings. The molecule has 2 aromatic carbocycles. The quantitative estimate of drug-likeness (QED) is 0.317. The minimum Gasteiger partial charge on any atom is -0.493 e. The molecule has 0 saturated carbocycles. The standard InChI is InChI=1S/C36H47FN4O6/c1-5-7-26(8-6-2)41(27-10-11-29(37)23(3)19-27)33(43)22-39-21-28(24-9-12-31-25(20-24)15-18-47-31)34(35(44)45)30(39)13-17-40-32(42)14-16-38(4)36(40)46/h9-12,19-20,26,28,30,34H,5-8,13-18,21-22H2,1-4H3,(H,44,45)/t28-,30+,34?/m1/s1. The molecule has 1 N–H and O–H groups in total. The number of carbonyl (C=O) groups excluding carboxylic acids is 3. The lowest BCUT2D eigenvalue weighted by Crippen LogP contribution is -2.52. The molecule has 3 heterocycles. The number of amides is 4. The van der Waals surface area contributed by atoms with E-state index in [0.717, 1.165) is 49.0 Å². The maximum atomic E-state index is 14.5. The molecule has 1 unspecified atom stereocenters. The van der Waals surface area contributed by atoms with Crippen LogP contribution in [0.2, 0.25) is 0 Å². The number of hydrogen-bond donors (Lipinski definition) is 1. The molecule has 2 fully saturated rings. The van der Waals surface area contributed by atoms with Crippen molar-refractivity contribution in [1.29, 1.82) is 0 Å². The molecule has 0 radical (unpaired) electrons. The van der Waals surface area contributed by atoms with Gasteiger partial charge in [-0.3, -0.25) is 24.2 Å². The first-order chi connectivity index (χ1) is 22.5. The zero-order valence-corrected chi connectivity index (χ0v) is 27.9. The van der Waals surface area contributed by atoms with Crippen LogP contribution in [0.4, 0.5) is 14.9 Å². The molecule has 0 bridgehead atoms. The highest BCUT2D eigenvalue weighted by atomic mass is 19.1. The Balaban J connectivity index is 1.49. The predicted octanol–water partition coefficient (Wildman–Crippen LogP) is 5.21. The molecular weight excluding hydrogens is 603 g/mol. The average molecular weight is 651 g/mol. The van der Waals surface area contributed by atoms with Crippen LogP contribution < -0.4 is 9.64 Å². The Morgan fingerprint density at radius 3 is 2.51 bits per heavy atom. The Bertz CT molecular complexity index is 1490. The highest BCUT2D eigenvalue weighted by Crippen LogP contribution is 2.41. The van der Waals surface area contributed by atoms with Gasteiger partial charge in [0, 0.05) is 63.2 Å². The normalized spacial score (nSPS) is 21.4. The number of aryl methyl sites for hydroxylation is 1. The van der Waals surface area contributed by atoms with Crippen molar-refractivity contribution in [1.82, 2.24) is 14.7 Å². The van der Waals surface area contributed by atoms with Gasteiger partial charge in [0.2, 0.25) is 11.8 Å². The number of anilines is 1. The number of ether oxygens (including phenoxy) is 1. The third kappa shape index (κ3) is 7.30. The van der Waals surface area contributed by atoms with Crippen molar-refractivity contribution < 1.29 is 33.4 Å². The third-order valence-electron chi connectivity index (χ3n) is 9.98. The van der Waals surface area contributed by atoms with E-state index in [2.05, 4.69) is 13.8 Å². The predicted molar refractivity (Wildman–Crippen MR) is 176 cm³/mol. The monoisotopic (exact) mass is 650 g/mol. The van der Waals surface area contributed by atoms with E-state index >= 15 is 0 Å². The fourth-order valence-electron chi connectivity index (χ4n) is 7.57. The van der Waals surface area contributed by atoms with Crippen molar-refractivity contribution in [2.45, 2.75) is 83.7 Å². The summed E-state index contributed by atoms with van der Waals surface area (Å²) in [5, 5.41) is 10.7. The maximum absolute atomic E-state index is 14.5. The lowest BCUT2D eigenvalue weighted by molar-refractivity contribution is -0.143. The number of aliphatic carboxylic acids is 1. The number of carboxylic acids is 1. The van der Waals surface area contributed by atoms with Gasteiger partial charge in [-0.25, -0.2) is 9.18 Å². The van der Waals surface area contributed by atoms with E-state index in [4.69, 9.17) is 4.74 Å². The number of benzene rings is 2. The second kappa shape index (κ2) is 14.8. The number of fused-ring (bicyclic) bond motifs is 1. The highest BCUT2D eigenvalue weighted by molar-refractivity contribution is 5.97. The SMILES string of the molecule is CCCC(CCC)N(C(=O)CN1C[C@H](c2ccc3c(c2)CCO3)C(C(=O)O)[C@@H]1CCN1C(=O)CCN(C)C1=O)c1ccc(F)c(C)c1. The molecule has 3 aliphatic heterocycles. The summed E-state index contributed by atoms with van der Waals surface area (Å²) in [6.07, 6.45) is 4.42. The molecule has 254 valence electrons. The molecule has 0 aromatic heterocycles. The maximum Gasteiger partial charge on any atom is 0.326 e. The van der Waals surface area contributed by atoms with E-state index in [1.165, 1.54) is 15.9 Å². The molecule has 2 saturated heterocycles. The Kier molecular flexibility index (Phi) is 10.8. The summed E-state index contributed by atoms with van der Waals surface area (Å²) in [6, 6.07) is 9.41. The van der Waals surface area contributed by atoms with Crippen LogP contribution in [-0.2, 0) is 20.8 Å². The Morgan fingerprint density at radius 2 is 1.83 bits per heavy atom. The lowest BCUT2D eigenvalue weighted by Gasteiger charge is -2.36. The molecular formula is C36H47FN4O6. The number of imide groups is 1. The van der Waals surface area contributed by atoms with E-state index < -0.39 is 29.9 Å². The zero-order valence-electron chi connectivity index (χ0n) is 27.9. The molecule has 2 aromatic rings. The van der Waals surface area contributed by atoms with Gasteiger partial charge in [-0.15, -0.1) is 0 Å². The van der Waals surface area contributed by atoms with Gasteiger partial charge in [0.1, 0.15) is 11.6 Å². The third-order valence-corrected chi connectivity index (χ3v) is 9.98. The van der Waals surface area contributed by atoms with Crippen LogP contribution in [0, 0.1) is 18.7 Å². The van der Waals surface area contributed by atoms with E-state index in [1.54, 1.807) is 31.0 Å². The van der Waals surface area contributed by atoms with Crippen molar-refractivity contribution in [3.05, 3.63) is 58.9 Å². The summed E-state index contributed by atoms with van der Waals surface area (Å²) in [5.41, 5.74) is 2.96. The smallest absolute Gasteiger partial charge is 0.326 e. The van der Waals surface area contributed by atoms with Crippen molar-refractivity contribution >= 4 is 29.5 Å². The summed E-state index contributed by atoms with van der Waals surface area (Å²) in [5.74, 6) is -2.30. The Morgan fingerprint density at radius 1 is 1.09 bits per heavy atom. The summed E-state index contributed by atoms with van der Waals surface area (Å²) < 4.78 is 20.0.